The molecule has 0 saturated carbocycles. The monoisotopic (exact) mass is 212 g/mol. The van der Waals surface area contributed by atoms with Crippen molar-refractivity contribution in [2.45, 2.75) is 65.1 Å². The van der Waals surface area contributed by atoms with E-state index < -0.39 is 5.54 Å². The maximum absolute atomic E-state index is 12.4. The van der Waals surface area contributed by atoms with E-state index in [-0.39, 0.29) is 17.0 Å². The van der Waals surface area contributed by atoms with Crippen LogP contribution in [0.1, 0.15) is 48.5 Å². The fourth-order valence-corrected chi connectivity index (χ4v) is 2.36. The van der Waals surface area contributed by atoms with Crippen molar-refractivity contribution in [3.8, 4) is 0 Å². The van der Waals surface area contributed by atoms with Gasteiger partial charge in [-0.2, -0.15) is 0 Å². The van der Waals surface area contributed by atoms with Gasteiger partial charge in [0, 0.05) is 12.1 Å². The normalized spacial score (nSPS) is 25.5. The lowest BCUT2D eigenvalue weighted by Gasteiger charge is -2.54. The summed E-state index contributed by atoms with van der Waals surface area (Å²) in [4.78, 5) is 14.4. The first-order valence-corrected chi connectivity index (χ1v) is 5.58. The zero-order valence-electron chi connectivity index (χ0n) is 11.1. The van der Waals surface area contributed by atoms with E-state index in [4.69, 9.17) is 0 Å². The smallest absolute Gasteiger partial charge is 0.243 e. The third-order valence-corrected chi connectivity index (χ3v) is 2.98. The van der Waals surface area contributed by atoms with E-state index in [0.717, 1.165) is 6.54 Å². The largest absolute Gasteiger partial charge is 0.330 e. The highest BCUT2D eigenvalue weighted by Gasteiger charge is 2.48. The van der Waals surface area contributed by atoms with Gasteiger partial charge in [0.1, 0.15) is 0 Å². The summed E-state index contributed by atoms with van der Waals surface area (Å²) in [6.07, 6.45) is 0. The topological polar surface area (TPSA) is 32.3 Å². The first kappa shape index (κ1) is 12.5. The lowest BCUT2D eigenvalue weighted by atomic mass is 9.86. The van der Waals surface area contributed by atoms with E-state index in [2.05, 4.69) is 39.9 Å². The maximum Gasteiger partial charge on any atom is 0.243 e. The minimum absolute atomic E-state index is 0.120. The van der Waals surface area contributed by atoms with Crippen molar-refractivity contribution in [2.24, 2.45) is 0 Å². The molecule has 3 heteroatoms. The molecule has 88 valence electrons. The van der Waals surface area contributed by atoms with Crippen LogP contribution in [0.25, 0.3) is 0 Å². The summed E-state index contributed by atoms with van der Waals surface area (Å²) < 4.78 is 0. The Kier molecular flexibility index (Phi) is 2.67. The van der Waals surface area contributed by atoms with Crippen molar-refractivity contribution in [1.82, 2.24) is 10.2 Å². The second-order valence-corrected chi connectivity index (χ2v) is 6.60. The predicted molar refractivity (Wildman–Crippen MR) is 62.8 cm³/mol. The number of nitrogens with zero attached hydrogens (tertiary/aromatic N) is 1. The summed E-state index contributed by atoms with van der Waals surface area (Å²) >= 11 is 0. The molecule has 3 nitrogen and oxygen atoms in total. The van der Waals surface area contributed by atoms with Crippen LogP contribution < -0.4 is 5.32 Å². The zero-order valence-corrected chi connectivity index (χ0v) is 11.1. The van der Waals surface area contributed by atoms with Crippen LogP contribution in [0.15, 0.2) is 0 Å². The number of rotatable bonds is 0. The van der Waals surface area contributed by atoms with E-state index in [0.29, 0.717) is 0 Å². The van der Waals surface area contributed by atoms with Gasteiger partial charge in [0.15, 0.2) is 0 Å². The minimum atomic E-state index is -0.442. The summed E-state index contributed by atoms with van der Waals surface area (Å²) in [5.41, 5.74) is -0.687. The average molecular weight is 212 g/mol. The van der Waals surface area contributed by atoms with Crippen molar-refractivity contribution in [3.63, 3.8) is 0 Å². The van der Waals surface area contributed by atoms with Gasteiger partial charge in [-0.15, -0.1) is 0 Å². The molecule has 0 unspecified atom stereocenters. The third-order valence-electron chi connectivity index (χ3n) is 2.98. The third kappa shape index (κ3) is 2.17. The second-order valence-electron chi connectivity index (χ2n) is 6.60. The molecule has 0 bridgehead atoms. The van der Waals surface area contributed by atoms with Gasteiger partial charge in [0.25, 0.3) is 0 Å². The van der Waals surface area contributed by atoms with Crippen molar-refractivity contribution in [1.29, 1.82) is 0 Å². The van der Waals surface area contributed by atoms with Crippen molar-refractivity contribution in [2.75, 3.05) is 6.54 Å². The molecular formula is C12H24N2O. The van der Waals surface area contributed by atoms with E-state index in [1.54, 1.807) is 0 Å². The molecule has 1 aliphatic rings. The Morgan fingerprint density at radius 3 is 2.00 bits per heavy atom. The molecule has 0 aromatic heterocycles. The highest BCUT2D eigenvalue weighted by molar-refractivity contribution is 5.87. The number of nitrogens with one attached hydrogen (secondary N) is 1. The average Bonchev–Trinajstić information content (AvgIpc) is 1.96. The lowest BCUT2D eigenvalue weighted by Crippen LogP contribution is -2.73. The van der Waals surface area contributed by atoms with Gasteiger partial charge in [-0.3, -0.25) is 4.79 Å². The molecule has 1 N–H and O–H groups in total. The molecule has 0 radical (unpaired) electrons. The van der Waals surface area contributed by atoms with Crippen LogP contribution in [-0.4, -0.2) is 34.0 Å². The SMILES string of the molecule is CC1(C)NCC(C)(C)N(C(C)(C)C)C1=O. The molecule has 0 atom stereocenters. The molecule has 1 saturated heterocycles. The van der Waals surface area contributed by atoms with Crippen LogP contribution in [0.4, 0.5) is 0 Å². The molecule has 0 aromatic rings. The molecule has 0 aliphatic carbocycles. The number of hydrogen-bond acceptors (Lipinski definition) is 2. The summed E-state index contributed by atoms with van der Waals surface area (Å²) in [5, 5.41) is 3.31. The molecular weight excluding hydrogens is 188 g/mol. The van der Waals surface area contributed by atoms with E-state index in [1.165, 1.54) is 0 Å². The number of carbonyl (C=O) groups is 1. The van der Waals surface area contributed by atoms with Crippen molar-refractivity contribution in [3.05, 3.63) is 0 Å². The number of amides is 1. The molecule has 1 aliphatic heterocycles. The molecule has 1 amide bonds. The number of piperazine rings is 1. The molecule has 1 heterocycles. The highest BCUT2D eigenvalue weighted by Crippen LogP contribution is 2.31. The standard InChI is InChI=1S/C12H24N2O/c1-10(2,3)14-9(15)12(6,7)13-8-11(14,4)5/h13H,8H2,1-7H3. The van der Waals surface area contributed by atoms with E-state index >= 15 is 0 Å². The van der Waals surface area contributed by atoms with E-state index in [9.17, 15) is 4.79 Å². The van der Waals surface area contributed by atoms with Gasteiger partial charge in [-0.05, 0) is 48.5 Å². The quantitative estimate of drug-likeness (QED) is 0.664. The molecule has 15 heavy (non-hydrogen) atoms. The Morgan fingerprint density at radius 2 is 1.67 bits per heavy atom. The van der Waals surface area contributed by atoms with Crippen LogP contribution >= 0.6 is 0 Å². The van der Waals surface area contributed by atoms with Gasteiger partial charge < -0.3 is 10.2 Å². The minimum Gasteiger partial charge on any atom is -0.330 e. The summed E-state index contributed by atoms with van der Waals surface area (Å²) in [6.45, 7) is 15.2. The molecule has 1 rings (SSSR count). The van der Waals surface area contributed by atoms with Crippen LogP contribution in [0.3, 0.4) is 0 Å². The molecule has 0 spiro atoms. The summed E-state index contributed by atoms with van der Waals surface area (Å²) in [5.74, 6) is 0.186. The van der Waals surface area contributed by atoms with Crippen LogP contribution in [0, 0.1) is 0 Å². The maximum atomic E-state index is 12.4. The van der Waals surface area contributed by atoms with Crippen LogP contribution in [-0.2, 0) is 4.79 Å². The van der Waals surface area contributed by atoms with Gasteiger partial charge >= 0.3 is 0 Å². The second kappa shape index (κ2) is 3.21. The van der Waals surface area contributed by atoms with Gasteiger partial charge in [-0.1, -0.05) is 0 Å². The summed E-state index contributed by atoms with van der Waals surface area (Å²) in [7, 11) is 0. The Balaban J connectivity index is 3.12. The Labute approximate surface area is 93.2 Å². The molecule has 0 aromatic carbocycles. The van der Waals surface area contributed by atoms with E-state index in [1.807, 2.05) is 18.7 Å². The van der Waals surface area contributed by atoms with Crippen LogP contribution in [0.5, 0.6) is 0 Å². The predicted octanol–water partition coefficient (Wildman–Crippen LogP) is 1.77. The number of hydrogen-bond donors (Lipinski definition) is 1. The molecule has 1 fully saturated rings. The van der Waals surface area contributed by atoms with Crippen LogP contribution in [0.2, 0.25) is 0 Å². The van der Waals surface area contributed by atoms with Crippen molar-refractivity contribution >= 4 is 5.91 Å². The fourth-order valence-electron chi connectivity index (χ4n) is 2.36. The van der Waals surface area contributed by atoms with Gasteiger partial charge in [0.05, 0.1) is 11.1 Å². The lowest BCUT2D eigenvalue weighted by molar-refractivity contribution is -0.155. The Hall–Kier alpha value is -0.570. The first-order valence-electron chi connectivity index (χ1n) is 5.58. The van der Waals surface area contributed by atoms with Gasteiger partial charge in [-0.25, -0.2) is 0 Å². The fraction of sp³-hybridized carbons (Fsp3) is 0.917. The zero-order chi connectivity index (χ0) is 12.1. The Bertz CT molecular complexity index is 274. The van der Waals surface area contributed by atoms with Gasteiger partial charge in [0.2, 0.25) is 5.91 Å². The number of carbonyl (C=O) groups excluding carboxylic acids is 1. The van der Waals surface area contributed by atoms with Crippen molar-refractivity contribution < 1.29 is 4.79 Å². The Morgan fingerprint density at radius 1 is 1.20 bits per heavy atom. The first-order chi connectivity index (χ1) is 6.48. The summed E-state index contributed by atoms with van der Waals surface area (Å²) in [6, 6.07) is 0. The highest BCUT2D eigenvalue weighted by atomic mass is 16.2.